The van der Waals surface area contributed by atoms with E-state index < -0.39 is 0 Å². The number of ketones is 1. The molecule has 0 unspecified atom stereocenters. The minimum Gasteiger partial charge on any atom is -0.308 e. The average Bonchev–Trinajstić information content (AvgIpc) is 2.86. The van der Waals surface area contributed by atoms with Gasteiger partial charge in [-0.3, -0.25) is 9.48 Å². The smallest absolute Gasteiger partial charge is 0.152 e. The first-order valence-corrected chi connectivity index (χ1v) is 7.44. The molecule has 1 saturated carbocycles. The number of carbonyl (C=O) groups is 1. The van der Waals surface area contributed by atoms with E-state index in [2.05, 4.69) is 15.1 Å². The topological polar surface area (TPSA) is 46.9 Å². The van der Waals surface area contributed by atoms with Crippen LogP contribution in [0.15, 0.2) is 12.3 Å². The van der Waals surface area contributed by atoms with E-state index in [0.29, 0.717) is 25.0 Å². The van der Waals surface area contributed by atoms with E-state index in [-0.39, 0.29) is 5.78 Å². The van der Waals surface area contributed by atoms with Crippen LogP contribution in [0.2, 0.25) is 0 Å². The summed E-state index contributed by atoms with van der Waals surface area (Å²) in [5, 5.41) is 7.72. The maximum absolute atomic E-state index is 11.8. The van der Waals surface area contributed by atoms with Crippen molar-refractivity contribution in [3.05, 3.63) is 18.0 Å². The number of hydrogen-bond donors (Lipinski definition) is 1. The summed E-state index contributed by atoms with van der Waals surface area (Å²) < 4.78 is 2.07. The summed E-state index contributed by atoms with van der Waals surface area (Å²) in [6.07, 6.45) is 8.89. The van der Waals surface area contributed by atoms with E-state index >= 15 is 0 Å². The molecule has 0 aromatic carbocycles. The molecule has 1 N–H and O–H groups in total. The second-order valence-corrected chi connectivity index (χ2v) is 5.83. The van der Waals surface area contributed by atoms with Crippen LogP contribution in [0, 0.1) is 0 Å². The molecule has 106 valence electrons. The van der Waals surface area contributed by atoms with Crippen molar-refractivity contribution in [1.82, 2.24) is 15.1 Å². The minimum absolute atomic E-state index is 0.211. The Labute approximate surface area is 115 Å². The fraction of sp³-hybridized carbons (Fsp3) is 0.733. The van der Waals surface area contributed by atoms with Crippen LogP contribution in [-0.4, -0.2) is 28.2 Å². The lowest BCUT2D eigenvalue weighted by Crippen LogP contribution is -2.30. The van der Waals surface area contributed by atoms with Crippen LogP contribution < -0.4 is 5.32 Å². The third-order valence-electron chi connectivity index (χ3n) is 3.70. The van der Waals surface area contributed by atoms with Gasteiger partial charge in [-0.1, -0.05) is 33.1 Å². The van der Waals surface area contributed by atoms with E-state index in [0.717, 1.165) is 5.69 Å². The zero-order valence-electron chi connectivity index (χ0n) is 12.1. The molecule has 1 aliphatic carbocycles. The van der Waals surface area contributed by atoms with Crippen LogP contribution in [0.5, 0.6) is 0 Å². The van der Waals surface area contributed by atoms with Gasteiger partial charge < -0.3 is 5.32 Å². The molecule has 4 nitrogen and oxygen atoms in total. The Balaban J connectivity index is 1.84. The number of carbonyl (C=O) groups excluding carboxylic acids is 1. The number of nitrogens with one attached hydrogen (secondary N) is 1. The van der Waals surface area contributed by atoms with Crippen LogP contribution in [0.4, 0.5) is 0 Å². The van der Waals surface area contributed by atoms with Gasteiger partial charge in [-0.05, 0) is 18.9 Å². The maximum atomic E-state index is 11.8. The van der Waals surface area contributed by atoms with Crippen LogP contribution in [0.1, 0.15) is 57.7 Å². The maximum Gasteiger partial charge on any atom is 0.152 e. The first-order chi connectivity index (χ1) is 9.15. The summed E-state index contributed by atoms with van der Waals surface area (Å²) in [6.45, 7) is 4.53. The Kier molecular flexibility index (Phi) is 5.14. The first kappa shape index (κ1) is 14.3. The predicted molar refractivity (Wildman–Crippen MR) is 76.2 cm³/mol. The zero-order chi connectivity index (χ0) is 13.7. The highest BCUT2D eigenvalue weighted by Crippen LogP contribution is 2.27. The van der Waals surface area contributed by atoms with Gasteiger partial charge in [-0.25, -0.2) is 0 Å². The second kappa shape index (κ2) is 6.85. The summed E-state index contributed by atoms with van der Waals surface area (Å²) in [5.41, 5.74) is 0.904. The van der Waals surface area contributed by atoms with Crippen molar-refractivity contribution in [3.63, 3.8) is 0 Å². The van der Waals surface area contributed by atoms with Gasteiger partial charge in [0, 0.05) is 12.2 Å². The number of rotatable bonds is 6. The molecule has 0 bridgehead atoms. The Bertz CT molecular complexity index is 405. The third-order valence-corrected chi connectivity index (χ3v) is 3.70. The highest BCUT2D eigenvalue weighted by Gasteiger charge is 2.16. The number of nitrogens with zero attached hydrogens (tertiary/aromatic N) is 2. The Morgan fingerprint density at radius 1 is 1.42 bits per heavy atom. The quantitative estimate of drug-likeness (QED) is 0.857. The van der Waals surface area contributed by atoms with Crippen molar-refractivity contribution in [1.29, 1.82) is 0 Å². The van der Waals surface area contributed by atoms with E-state index in [1.165, 1.54) is 32.1 Å². The Morgan fingerprint density at radius 3 is 2.84 bits per heavy atom. The summed E-state index contributed by atoms with van der Waals surface area (Å²) in [7, 11) is 0. The molecular formula is C15H25N3O. The molecule has 0 amide bonds. The summed E-state index contributed by atoms with van der Waals surface area (Å²) in [4.78, 5) is 11.8. The van der Waals surface area contributed by atoms with Crippen molar-refractivity contribution in [2.75, 3.05) is 6.54 Å². The normalized spacial score (nSPS) is 17.0. The number of hydrogen-bond acceptors (Lipinski definition) is 3. The van der Waals surface area contributed by atoms with Crippen LogP contribution >= 0.6 is 0 Å². The van der Waals surface area contributed by atoms with Crippen LogP contribution in [0.3, 0.4) is 0 Å². The first-order valence-electron chi connectivity index (χ1n) is 7.44. The van der Waals surface area contributed by atoms with Gasteiger partial charge >= 0.3 is 0 Å². The Morgan fingerprint density at radius 2 is 2.16 bits per heavy atom. The van der Waals surface area contributed by atoms with Crippen molar-refractivity contribution < 1.29 is 4.79 Å². The lowest BCUT2D eigenvalue weighted by atomic mass is 9.96. The van der Waals surface area contributed by atoms with E-state index in [4.69, 9.17) is 0 Å². The standard InChI is InChI=1S/C15H25N3O/c1-12(2)16-11-15(19)10-13-8-9-18(17-13)14-6-4-3-5-7-14/h8-9,12,14,16H,3-7,10-11H2,1-2H3. The molecule has 1 aromatic heterocycles. The van der Waals surface area contributed by atoms with Gasteiger partial charge in [0.25, 0.3) is 0 Å². The molecule has 0 atom stereocenters. The van der Waals surface area contributed by atoms with Crippen LogP contribution in [-0.2, 0) is 11.2 Å². The van der Waals surface area contributed by atoms with Gasteiger partial charge in [-0.2, -0.15) is 5.10 Å². The fourth-order valence-electron chi connectivity index (χ4n) is 2.60. The molecule has 0 aliphatic heterocycles. The molecule has 1 heterocycles. The summed E-state index contributed by atoms with van der Waals surface area (Å²) in [6, 6.07) is 2.89. The predicted octanol–water partition coefficient (Wildman–Crippen LogP) is 2.50. The van der Waals surface area contributed by atoms with E-state index in [1.807, 2.05) is 26.1 Å². The van der Waals surface area contributed by atoms with Crippen molar-refractivity contribution >= 4 is 5.78 Å². The van der Waals surface area contributed by atoms with Gasteiger partial charge in [0.05, 0.1) is 24.7 Å². The molecule has 0 spiro atoms. The molecule has 19 heavy (non-hydrogen) atoms. The van der Waals surface area contributed by atoms with E-state index in [1.54, 1.807) is 0 Å². The average molecular weight is 263 g/mol. The van der Waals surface area contributed by atoms with Crippen molar-refractivity contribution in [2.45, 2.75) is 64.5 Å². The van der Waals surface area contributed by atoms with Gasteiger partial charge in [0.2, 0.25) is 0 Å². The highest BCUT2D eigenvalue weighted by atomic mass is 16.1. The van der Waals surface area contributed by atoms with Gasteiger partial charge in [-0.15, -0.1) is 0 Å². The van der Waals surface area contributed by atoms with Crippen molar-refractivity contribution in [3.8, 4) is 0 Å². The SMILES string of the molecule is CC(C)NCC(=O)Cc1ccn(C2CCCCC2)n1. The lowest BCUT2D eigenvalue weighted by Gasteiger charge is -2.21. The van der Waals surface area contributed by atoms with Gasteiger partial charge in [0.1, 0.15) is 0 Å². The van der Waals surface area contributed by atoms with E-state index in [9.17, 15) is 4.79 Å². The highest BCUT2D eigenvalue weighted by molar-refractivity contribution is 5.82. The summed E-state index contributed by atoms with van der Waals surface area (Å²) >= 11 is 0. The van der Waals surface area contributed by atoms with Crippen molar-refractivity contribution in [2.24, 2.45) is 0 Å². The fourth-order valence-corrected chi connectivity index (χ4v) is 2.60. The molecule has 1 aliphatic rings. The molecule has 0 saturated heterocycles. The second-order valence-electron chi connectivity index (χ2n) is 5.83. The monoisotopic (exact) mass is 263 g/mol. The molecule has 0 radical (unpaired) electrons. The zero-order valence-corrected chi connectivity index (χ0v) is 12.1. The van der Waals surface area contributed by atoms with Crippen LogP contribution in [0.25, 0.3) is 0 Å². The number of Topliss-reactive ketones (excluding diaryl/α,β-unsaturated/α-hetero) is 1. The summed E-state index contributed by atoms with van der Waals surface area (Å²) in [5.74, 6) is 0.211. The molecule has 1 fully saturated rings. The number of aromatic nitrogens is 2. The molecule has 1 aromatic rings. The molecule has 4 heteroatoms. The molecule has 2 rings (SSSR count). The minimum atomic E-state index is 0.211. The molecular weight excluding hydrogens is 238 g/mol. The largest absolute Gasteiger partial charge is 0.308 e. The van der Waals surface area contributed by atoms with Gasteiger partial charge in [0.15, 0.2) is 5.78 Å². The lowest BCUT2D eigenvalue weighted by molar-refractivity contribution is -0.117. The third kappa shape index (κ3) is 4.46. The Hall–Kier alpha value is -1.16.